The molecule has 2 aromatic carbocycles. The molecule has 0 saturated heterocycles. The number of aryl methyl sites for hydroxylation is 1. The summed E-state index contributed by atoms with van der Waals surface area (Å²) in [5.74, 6) is 0.411. The van der Waals surface area contributed by atoms with Gasteiger partial charge in [0, 0.05) is 28.7 Å². The van der Waals surface area contributed by atoms with Gasteiger partial charge in [0.05, 0.1) is 23.3 Å². The molecular weight excluding hydrogens is 395 g/mol. The first-order valence-corrected chi connectivity index (χ1v) is 9.98. The molecule has 0 N–H and O–H groups in total. The average molecular weight is 415 g/mol. The molecule has 1 aromatic heterocycles. The number of hydrogen-bond acceptors (Lipinski definition) is 3. The Morgan fingerprint density at radius 1 is 1.11 bits per heavy atom. The van der Waals surface area contributed by atoms with Gasteiger partial charge in [0.1, 0.15) is 5.75 Å². The largest absolute Gasteiger partial charge is 0.495 e. The van der Waals surface area contributed by atoms with E-state index in [1.54, 1.807) is 38.4 Å². The number of carbonyl (C=O) groups excluding carboxylic acids is 1. The molecule has 1 aliphatic carbocycles. The lowest BCUT2D eigenvalue weighted by atomic mass is 9.94. The smallest absolute Gasteiger partial charge is 0.258 e. The summed E-state index contributed by atoms with van der Waals surface area (Å²) in [6.07, 6.45) is 4.17. The van der Waals surface area contributed by atoms with Gasteiger partial charge in [0.2, 0.25) is 0 Å². The number of pyridine rings is 1. The minimum absolute atomic E-state index is 0.168. The highest BCUT2D eigenvalue weighted by Gasteiger charge is 2.21. The quantitative estimate of drug-likeness (QED) is 0.551. The van der Waals surface area contributed by atoms with Crippen LogP contribution in [0.2, 0.25) is 10.0 Å². The van der Waals surface area contributed by atoms with E-state index in [1.807, 2.05) is 12.1 Å². The highest BCUT2D eigenvalue weighted by Crippen LogP contribution is 2.34. The van der Waals surface area contributed by atoms with Crippen molar-refractivity contribution in [1.29, 1.82) is 0 Å². The zero-order valence-electron chi connectivity index (χ0n) is 15.8. The van der Waals surface area contributed by atoms with Gasteiger partial charge < -0.3 is 9.64 Å². The van der Waals surface area contributed by atoms with Crippen LogP contribution in [0, 0.1) is 0 Å². The monoisotopic (exact) mass is 414 g/mol. The summed E-state index contributed by atoms with van der Waals surface area (Å²) >= 11 is 12.8. The van der Waals surface area contributed by atoms with Crippen LogP contribution in [-0.2, 0) is 12.8 Å². The molecule has 4 nitrogen and oxygen atoms in total. The molecule has 0 fully saturated rings. The molecule has 0 saturated carbocycles. The van der Waals surface area contributed by atoms with Crippen LogP contribution in [-0.4, -0.2) is 25.0 Å². The number of anilines is 1. The van der Waals surface area contributed by atoms with Crippen LogP contribution in [0.3, 0.4) is 0 Å². The second kappa shape index (κ2) is 7.61. The summed E-state index contributed by atoms with van der Waals surface area (Å²) in [5.41, 5.74) is 4.11. The molecule has 0 spiro atoms. The van der Waals surface area contributed by atoms with E-state index in [-0.39, 0.29) is 5.91 Å². The molecule has 0 radical (unpaired) electrons. The zero-order valence-corrected chi connectivity index (χ0v) is 17.3. The minimum Gasteiger partial charge on any atom is -0.495 e. The average Bonchev–Trinajstić information content (AvgIpc) is 2.72. The van der Waals surface area contributed by atoms with Crippen molar-refractivity contribution in [2.75, 3.05) is 19.1 Å². The first-order chi connectivity index (χ1) is 13.5. The number of ether oxygens (including phenoxy) is 1. The number of carbonyl (C=O) groups is 1. The molecule has 0 atom stereocenters. The van der Waals surface area contributed by atoms with Crippen molar-refractivity contribution in [3.8, 4) is 5.75 Å². The van der Waals surface area contributed by atoms with E-state index in [4.69, 9.17) is 32.9 Å². The van der Waals surface area contributed by atoms with Gasteiger partial charge in [-0.2, -0.15) is 0 Å². The van der Waals surface area contributed by atoms with Crippen LogP contribution in [0.1, 0.15) is 34.5 Å². The molecule has 28 heavy (non-hydrogen) atoms. The zero-order chi connectivity index (χ0) is 19.8. The topological polar surface area (TPSA) is 42.4 Å². The first kappa shape index (κ1) is 19.0. The Balaban J connectivity index is 1.75. The first-order valence-electron chi connectivity index (χ1n) is 9.22. The van der Waals surface area contributed by atoms with Gasteiger partial charge in [-0.05, 0) is 61.6 Å². The van der Waals surface area contributed by atoms with E-state index < -0.39 is 0 Å². The molecule has 3 aromatic rings. The van der Waals surface area contributed by atoms with Crippen LogP contribution in [0.4, 0.5) is 5.69 Å². The van der Waals surface area contributed by atoms with Gasteiger partial charge in [0.15, 0.2) is 0 Å². The molecule has 144 valence electrons. The summed E-state index contributed by atoms with van der Waals surface area (Å²) in [6, 6.07) is 10.7. The van der Waals surface area contributed by atoms with Crippen molar-refractivity contribution in [2.45, 2.75) is 25.7 Å². The number of rotatable bonds is 3. The third-order valence-corrected chi connectivity index (χ3v) is 5.91. The van der Waals surface area contributed by atoms with Crippen LogP contribution >= 0.6 is 23.2 Å². The number of nitrogens with zero attached hydrogens (tertiary/aromatic N) is 2. The molecule has 0 bridgehead atoms. The van der Waals surface area contributed by atoms with E-state index in [0.29, 0.717) is 22.0 Å². The van der Waals surface area contributed by atoms with Gasteiger partial charge >= 0.3 is 0 Å². The number of fused-ring (bicyclic) bond motifs is 2. The highest BCUT2D eigenvalue weighted by molar-refractivity contribution is 6.36. The fourth-order valence-electron chi connectivity index (χ4n) is 3.73. The molecule has 0 aliphatic heterocycles. The Hall–Kier alpha value is -2.30. The molecule has 1 aliphatic rings. The highest BCUT2D eigenvalue weighted by atomic mass is 35.5. The number of benzene rings is 2. The fraction of sp³-hybridized carbons (Fsp3) is 0.273. The van der Waals surface area contributed by atoms with E-state index in [0.717, 1.165) is 52.9 Å². The summed E-state index contributed by atoms with van der Waals surface area (Å²) in [5, 5.41) is 2.19. The second-order valence-corrected chi connectivity index (χ2v) is 7.78. The summed E-state index contributed by atoms with van der Waals surface area (Å²) in [6.45, 7) is 0. The Morgan fingerprint density at radius 2 is 1.89 bits per heavy atom. The number of halogens is 2. The lowest BCUT2D eigenvalue weighted by molar-refractivity contribution is 0.0992. The lowest BCUT2D eigenvalue weighted by Gasteiger charge is -2.21. The number of aromatic nitrogens is 1. The van der Waals surface area contributed by atoms with E-state index in [1.165, 1.54) is 4.90 Å². The minimum atomic E-state index is -0.168. The fourth-order valence-corrected chi connectivity index (χ4v) is 4.26. The van der Waals surface area contributed by atoms with Crippen LogP contribution in [0.25, 0.3) is 10.9 Å². The second-order valence-electron chi connectivity index (χ2n) is 6.97. The number of hydrogen-bond donors (Lipinski definition) is 0. The summed E-state index contributed by atoms with van der Waals surface area (Å²) in [4.78, 5) is 19.4. The van der Waals surface area contributed by atoms with Crippen molar-refractivity contribution in [3.63, 3.8) is 0 Å². The Bertz CT molecular complexity index is 1080. The SMILES string of the molecule is COc1ccc(Cl)cc1N(C)C(=O)c1ccc2c(Cl)c3c(nc2c1)CCCC3. The van der Waals surface area contributed by atoms with Gasteiger partial charge in [-0.1, -0.05) is 29.3 Å². The van der Waals surface area contributed by atoms with E-state index >= 15 is 0 Å². The Kier molecular flexibility index (Phi) is 5.17. The maximum atomic E-state index is 13.1. The summed E-state index contributed by atoms with van der Waals surface area (Å²) in [7, 11) is 3.27. The van der Waals surface area contributed by atoms with Crippen LogP contribution in [0.15, 0.2) is 36.4 Å². The van der Waals surface area contributed by atoms with Crippen molar-refractivity contribution in [2.24, 2.45) is 0 Å². The molecule has 1 heterocycles. The predicted octanol–water partition coefficient (Wildman–Crippen LogP) is 5.71. The van der Waals surface area contributed by atoms with Crippen molar-refractivity contribution >= 4 is 45.7 Å². The van der Waals surface area contributed by atoms with Crippen LogP contribution < -0.4 is 9.64 Å². The summed E-state index contributed by atoms with van der Waals surface area (Å²) < 4.78 is 5.37. The molecular formula is C22H20Cl2N2O2. The number of amides is 1. The normalized spacial score (nSPS) is 13.3. The maximum Gasteiger partial charge on any atom is 0.258 e. The van der Waals surface area contributed by atoms with Gasteiger partial charge in [-0.25, -0.2) is 0 Å². The van der Waals surface area contributed by atoms with Crippen molar-refractivity contribution in [3.05, 3.63) is 63.3 Å². The standard InChI is InChI=1S/C22H20Cl2N2O2/c1-26(19-12-14(23)8-10-20(19)28-2)22(27)13-7-9-16-18(11-13)25-17-6-4-3-5-15(17)21(16)24/h7-12H,3-6H2,1-2H3. The molecule has 6 heteroatoms. The van der Waals surface area contributed by atoms with E-state index in [2.05, 4.69) is 0 Å². The third kappa shape index (κ3) is 3.31. The van der Waals surface area contributed by atoms with Gasteiger partial charge in [-0.15, -0.1) is 0 Å². The van der Waals surface area contributed by atoms with Crippen molar-refractivity contribution in [1.82, 2.24) is 4.98 Å². The van der Waals surface area contributed by atoms with Gasteiger partial charge in [-0.3, -0.25) is 9.78 Å². The van der Waals surface area contributed by atoms with E-state index in [9.17, 15) is 4.79 Å². The molecule has 0 unspecified atom stereocenters. The Morgan fingerprint density at radius 3 is 2.68 bits per heavy atom. The molecule has 4 rings (SSSR count). The predicted molar refractivity (Wildman–Crippen MR) is 114 cm³/mol. The Labute approximate surface area is 174 Å². The third-order valence-electron chi connectivity index (χ3n) is 5.25. The maximum absolute atomic E-state index is 13.1. The van der Waals surface area contributed by atoms with Gasteiger partial charge in [0.25, 0.3) is 5.91 Å². The van der Waals surface area contributed by atoms with Crippen LogP contribution in [0.5, 0.6) is 5.75 Å². The van der Waals surface area contributed by atoms with Crippen molar-refractivity contribution < 1.29 is 9.53 Å². The number of methoxy groups -OCH3 is 1. The molecule has 1 amide bonds. The lowest BCUT2D eigenvalue weighted by Crippen LogP contribution is -2.26.